The summed E-state index contributed by atoms with van der Waals surface area (Å²) in [6.07, 6.45) is 5.35. The monoisotopic (exact) mass is 179 g/mol. The van der Waals surface area contributed by atoms with Crippen LogP contribution in [0.3, 0.4) is 0 Å². The number of nitrogens with one attached hydrogen (secondary N) is 1. The second-order valence-corrected chi connectivity index (χ2v) is 4.29. The van der Waals surface area contributed by atoms with Crippen LogP contribution in [0.2, 0.25) is 0 Å². The molecule has 2 nitrogen and oxygen atoms in total. The standard InChI is InChI=1S/C11H17NO/c1-9-4-7-13-10(9)8-11(2)5-3-6-12-11/h4,7,12H,3,5-6,8H2,1-2H3. The Balaban J connectivity index is 2.09. The van der Waals surface area contributed by atoms with Crippen molar-refractivity contribution in [1.29, 1.82) is 0 Å². The number of hydrogen-bond donors (Lipinski definition) is 1. The van der Waals surface area contributed by atoms with Crippen molar-refractivity contribution < 1.29 is 4.42 Å². The second kappa shape index (κ2) is 3.18. The van der Waals surface area contributed by atoms with Crippen molar-refractivity contribution >= 4 is 0 Å². The molecular weight excluding hydrogens is 162 g/mol. The molecule has 0 amide bonds. The van der Waals surface area contributed by atoms with Gasteiger partial charge in [0.2, 0.25) is 0 Å². The lowest BCUT2D eigenvalue weighted by atomic mass is 9.93. The molecule has 1 fully saturated rings. The summed E-state index contributed by atoms with van der Waals surface area (Å²) < 4.78 is 5.45. The Hall–Kier alpha value is -0.760. The Bertz CT molecular complexity index is 284. The van der Waals surface area contributed by atoms with E-state index in [2.05, 4.69) is 19.2 Å². The first-order valence-corrected chi connectivity index (χ1v) is 4.98. The molecule has 72 valence electrons. The lowest BCUT2D eigenvalue weighted by Crippen LogP contribution is -2.38. The normalized spacial score (nSPS) is 28.2. The number of aryl methyl sites for hydroxylation is 1. The Morgan fingerprint density at radius 1 is 1.62 bits per heavy atom. The van der Waals surface area contributed by atoms with Crippen LogP contribution in [0.25, 0.3) is 0 Å². The van der Waals surface area contributed by atoms with Gasteiger partial charge in [-0.15, -0.1) is 0 Å². The number of furan rings is 1. The van der Waals surface area contributed by atoms with E-state index < -0.39 is 0 Å². The van der Waals surface area contributed by atoms with Gasteiger partial charge in [0.1, 0.15) is 5.76 Å². The van der Waals surface area contributed by atoms with Gasteiger partial charge < -0.3 is 9.73 Å². The predicted molar refractivity (Wildman–Crippen MR) is 52.8 cm³/mol. The van der Waals surface area contributed by atoms with E-state index in [9.17, 15) is 0 Å². The maximum absolute atomic E-state index is 5.45. The van der Waals surface area contributed by atoms with Crippen molar-refractivity contribution in [2.75, 3.05) is 6.54 Å². The summed E-state index contributed by atoms with van der Waals surface area (Å²) in [6, 6.07) is 2.04. The number of hydrogen-bond acceptors (Lipinski definition) is 2. The van der Waals surface area contributed by atoms with Crippen molar-refractivity contribution in [2.45, 2.75) is 38.6 Å². The molecule has 1 N–H and O–H groups in total. The zero-order valence-corrected chi connectivity index (χ0v) is 8.39. The SMILES string of the molecule is Cc1ccoc1CC1(C)CCCN1. The van der Waals surface area contributed by atoms with E-state index in [0.29, 0.717) is 0 Å². The summed E-state index contributed by atoms with van der Waals surface area (Å²) in [6.45, 7) is 5.54. The van der Waals surface area contributed by atoms with Gasteiger partial charge in [-0.2, -0.15) is 0 Å². The highest BCUT2D eigenvalue weighted by atomic mass is 16.3. The molecule has 1 aromatic rings. The van der Waals surface area contributed by atoms with E-state index in [1.165, 1.54) is 18.4 Å². The van der Waals surface area contributed by atoms with E-state index in [1.54, 1.807) is 6.26 Å². The third-order valence-electron chi connectivity index (χ3n) is 2.98. The Morgan fingerprint density at radius 3 is 3.00 bits per heavy atom. The molecule has 0 aromatic carbocycles. The van der Waals surface area contributed by atoms with Crippen LogP contribution in [0.15, 0.2) is 16.7 Å². The van der Waals surface area contributed by atoms with E-state index in [-0.39, 0.29) is 5.54 Å². The maximum atomic E-state index is 5.45. The lowest BCUT2D eigenvalue weighted by Gasteiger charge is -2.23. The third-order valence-corrected chi connectivity index (χ3v) is 2.98. The zero-order chi connectivity index (χ0) is 9.31. The molecule has 1 aliphatic rings. The highest BCUT2D eigenvalue weighted by Gasteiger charge is 2.29. The molecule has 0 bridgehead atoms. The largest absolute Gasteiger partial charge is 0.469 e. The van der Waals surface area contributed by atoms with Gasteiger partial charge in [-0.25, -0.2) is 0 Å². The predicted octanol–water partition coefficient (Wildman–Crippen LogP) is 2.27. The third kappa shape index (κ3) is 1.78. The fraction of sp³-hybridized carbons (Fsp3) is 0.636. The van der Waals surface area contributed by atoms with Gasteiger partial charge in [0.05, 0.1) is 6.26 Å². The zero-order valence-electron chi connectivity index (χ0n) is 8.39. The summed E-state index contributed by atoms with van der Waals surface area (Å²) in [4.78, 5) is 0. The van der Waals surface area contributed by atoms with Crippen LogP contribution in [0, 0.1) is 6.92 Å². The second-order valence-electron chi connectivity index (χ2n) is 4.29. The van der Waals surface area contributed by atoms with E-state index >= 15 is 0 Å². The molecule has 0 aliphatic carbocycles. The molecule has 1 aromatic heterocycles. The van der Waals surface area contributed by atoms with Crippen molar-refractivity contribution in [3.8, 4) is 0 Å². The fourth-order valence-corrected chi connectivity index (χ4v) is 2.05. The van der Waals surface area contributed by atoms with E-state index in [0.717, 1.165) is 18.7 Å². The summed E-state index contributed by atoms with van der Waals surface area (Å²) in [5.74, 6) is 1.14. The minimum atomic E-state index is 0.266. The van der Waals surface area contributed by atoms with Crippen molar-refractivity contribution in [3.05, 3.63) is 23.7 Å². The first kappa shape index (κ1) is 8.82. The molecular formula is C11H17NO. The van der Waals surface area contributed by atoms with Crippen LogP contribution in [-0.4, -0.2) is 12.1 Å². The molecule has 2 rings (SSSR count). The summed E-state index contributed by atoms with van der Waals surface area (Å²) in [5, 5.41) is 3.54. The first-order valence-electron chi connectivity index (χ1n) is 4.98. The van der Waals surface area contributed by atoms with Gasteiger partial charge in [0.25, 0.3) is 0 Å². The minimum Gasteiger partial charge on any atom is -0.469 e. The topological polar surface area (TPSA) is 25.2 Å². The van der Waals surface area contributed by atoms with Crippen LogP contribution in [0.1, 0.15) is 31.1 Å². The van der Waals surface area contributed by atoms with Gasteiger partial charge in [-0.3, -0.25) is 0 Å². The van der Waals surface area contributed by atoms with Crippen LogP contribution < -0.4 is 5.32 Å². The van der Waals surface area contributed by atoms with Gasteiger partial charge in [0.15, 0.2) is 0 Å². The fourth-order valence-electron chi connectivity index (χ4n) is 2.05. The lowest BCUT2D eigenvalue weighted by molar-refractivity contribution is 0.368. The molecule has 2 heterocycles. The Labute approximate surface area is 79.3 Å². The van der Waals surface area contributed by atoms with Gasteiger partial charge >= 0.3 is 0 Å². The van der Waals surface area contributed by atoms with Crippen molar-refractivity contribution in [2.24, 2.45) is 0 Å². The van der Waals surface area contributed by atoms with Crippen LogP contribution in [0.4, 0.5) is 0 Å². The molecule has 1 atom stereocenters. The molecule has 2 heteroatoms. The summed E-state index contributed by atoms with van der Waals surface area (Å²) in [7, 11) is 0. The molecule has 1 aliphatic heterocycles. The number of rotatable bonds is 2. The Morgan fingerprint density at radius 2 is 2.46 bits per heavy atom. The van der Waals surface area contributed by atoms with Crippen LogP contribution in [0.5, 0.6) is 0 Å². The highest BCUT2D eigenvalue weighted by molar-refractivity contribution is 5.17. The molecule has 0 radical (unpaired) electrons. The average Bonchev–Trinajstić information content (AvgIpc) is 2.64. The molecule has 1 unspecified atom stereocenters. The van der Waals surface area contributed by atoms with Crippen molar-refractivity contribution in [1.82, 2.24) is 5.32 Å². The van der Waals surface area contributed by atoms with Gasteiger partial charge in [-0.05, 0) is 44.9 Å². The Kier molecular flexibility index (Phi) is 2.16. The van der Waals surface area contributed by atoms with Crippen LogP contribution in [-0.2, 0) is 6.42 Å². The summed E-state index contributed by atoms with van der Waals surface area (Å²) >= 11 is 0. The molecule has 0 spiro atoms. The highest BCUT2D eigenvalue weighted by Crippen LogP contribution is 2.25. The van der Waals surface area contributed by atoms with Crippen molar-refractivity contribution in [3.63, 3.8) is 0 Å². The minimum absolute atomic E-state index is 0.266. The average molecular weight is 179 g/mol. The maximum Gasteiger partial charge on any atom is 0.108 e. The summed E-state index contributed by atoms with van der Waals surface area (Å²) in [5.41, 5.74) is 1.54. The van der Waals surface area contributed by atoms with Crippen LogP contribution >= 0.6 is 0 Å². The molecule has 0 saturated carbocycles. The van der Waals surface area contributed by atoms with E-state index in [1.807, 2.05) is 6.07 Å². The van der Waals surface area contributed by atoms with E-state index in [4.69, 9.17) is 4.42 Å². The van der Waals surface area contributed by atoms with Gasteiger partial charge in [0, 0.05) is 12.0 Å². The van der Waals surface area contributed by atoms with Gasteiger partial charge in [-0.1, -0.05) is 0 Å². The quantitative estimate of drug-likeness (QED) is 0.753. The molecule has 13 heavy (non-hydrogen) atoms. The first-order chi connectivity index (χ1) is 6.20. The smallest absolute Gasteiger partial charge is 0.108 e. The molecule has 1 saturated heterocycles.